The summed E-state index contributed by atoms with van der Waals surface area (Å²) in [5.74, 6) is -1.38. The molecule has 5 rings (SSSR count). The molecule has 2 amide bonds. The standard InChI is InChI=1S/C27H23FN4O5S/c1-37-26-24(28)21(8-11-29-26)27(34)31-12-9-17(10-13-31)16-2-4-19(5-3-16)30-25(33)23-15-18-14-20(32(35)36)6-7-22(18)38-23/h2-8,11,14-15,17H,9-10,12-13H2,1H3,(H,30,33). The van der Waals surface area contributed by atoms with Crippen molar-refractivity contribution >= 4 is 44.6 Å². The zero-order valence-corrected chi connectivity index (χ0v) is 21.2. The van der Waals surface area contributed by atoms with Crippen molar-refractivity contribution in [2.75, 3.05) is 25.5 Å². The summed E-state index contributed by atoms with van der Waals surface area (Å²) in [7, 11) is 1.31. The highest BCUT2D eigenvalue weighted by Gasteiger charge is 2.27. The van der Waals surface area contributed by atoms with Crippen molar-refractivity contribution in [2.45, 2.75) is 18.8 Å². The molecule has 2 aromatic carbocycles. The zero-order chi connectivity index (χ0) is 26.8. The second-order valence-electron chi connectivity index (χ2n) is 8.91. The monoisotopic (exact) mass is 534 g/mol. The molecule has 4 aromatic rings. The largest absolute Gasteiger partial charge is 0.479 e. The van der Waals surface area contributed by atoms with Crippen LogP contribution in [-0.2, 0) is 0 Å². The minimum absolute atomic E-state index is 0.0159. The molecule has 1 aliphatic rings. The van der Waals surface area contributed by atoms with Crippen LogP contribution in [0, 0.1) is 15.9 Å². The number of carbonyl (C=O) groups excluding carboxylic acids is 2. The van der Waals surface area contributed by atoms with Gasteiger partial charge < -0.3 is 15.0 Å². The van der Waals surface area contributed by atoms with Crippen LogP contribution in [0.25, 0.3) is 10.1 Å². The summed E-state index contributed by atoms with van der Waals surface area (Å²) < 4.78 is 20.1. The quantitative estimate of drug-likeness (QED) is 0.254. The molecule has 1 saturated heterocycles. The van der Waals surface area contributed by atoms with Crippen molar-refractivity contribution in [3.8, 4) is 5.88 Å². The minimum atomic E-state index is -0.753. The molecule has 0 saturated carbocycles. The number of pyridine rings is 1. The average molecular weight is 535 g/mol. The topological polar surface area (TPSA) is 115 Å². The van der Waals surface area contributed by atoms with Gasteiger partial charge in [-0.15, -0.1) is 11.3 Å². The molecule has 0 aliphatic carbocycles. The lowest BCUT2D eigenvalue weighted by Gasteiger charge is -2.32. The van der Waals surface area contributed by atoms with Crippen LogP contribution < -0.4 is 10.1 Å². The van der Waals surface area contributed by atoms with Crippen molar-refractivity contribution in [1.29, 1.82) is 0 Å². The average Bonchev–Trinajstić information content (AvgIpc) is 3.37. The van der Waals surface area contributed by atoms with E-state index >= 15 is 0 Å². The molecule has 1 aliphatic heterocycles. The van der Waals surface area contributed by atoms with Gasteiger partial charge in [-0.25, -0.2) is 9.37 Å². The first kappa shape index (κ1) is 25.3. The van der Waals surface area contributed by atoms with Gasteiger partial charge in [0.25, 0.3) is 23.4 Å². The summed E-state index contributed by atoms with van der Waals surface area (Å²) >= 11 is 1.27. The third-order valence-corrected chi connectivity index (χ3v) is 7.75. The first-order chi connectivity index (χ1) is 18.3. The molecule has 0 radical (unpaired) electrons. The minimum Gasteiger partial charge on any atom is -0.479 e. The molecule has 0 spiro atoms. The van der Waals surface area contributed by atoms with Crippen LogP contribution in [0.3, 0.4) is 0 Å². The summed E-state index contributed by atoms with van der Waals surface area (Å²) in [5.41, 5.74) is 1.67. The van der Waals surface area contributed by atoms with E-state index in [-0.39, 0.29) is 34.9 Å². The number of halogens is 1. The Balaban J connectivity index is 1.19. The lowest BCUT2D eigenvalue weighted by atomic mass is 9.89. The van der Waals surface area contributed by atoms with Gasteiger partial charge in [-0.1, -0.05) is 12.1 Å². The van der Waals surface area contributed by atoms with E-state index in [0.717, 1.165) is 23.1 Å². The molecule has 38 heavy (non-hydrogen) atoms. The maximum absolute atomic E-state index is 14.5. The number of anilines is 1. The molecule has 194 valence electrons. The first-order valence-corrected chi connectivity index (χ1v) is 12.7. The van der Waals surface area contributed by atoms with Gasteiger partial charge in [0.2, 0.25) is 0 Å². The summed E-state index contributed by atoms with van der Waals surface area (Å²) in [6, 6.07) is 15.1. The number of methoxy groups -OCH3 is 1. The number of carbonyl (C=O) groups is 2. The number of likely N-dealkylation sites (tertiary alicyclic amines) is 1. The number of nitrogens with one attached hydrogen (secondary N) is 1. The lowest BCUT2D eigenvalue weighted by molar-refractivity contribution is -0.384. The van der Waals surface area contributed by atoms with E-state index in [0.29, 0.717) is 29.0 Å². The second kappa shape index (κ2) is 10.5. The number of nitro benzene ring substituents is 1. The Kier molecular flexibility index (Phi) is 7.01. The van der Waals surface area contributed by atoms with Crippen molar-refractivity contribution in [3.05, 3.63) is 92.7 Å². The Hall–Kier alpha value is -4.38. The number of piperidine rings is 1. The van der Waals surface area contributed by atoms with Crippen LogP contribution in [0.15, 0.2) is 60.8 Å². The normalized spacial score (nSPS) is 13.9. The predicted octanol–water partition coefficient (Wildman–Crippen LogP) is 5.62. The number of non-ortho nitro benzene ring substituents is 1. The molecular formula is C27H23FN4O5S. The first-order valence-electron chi connectivity index (χ1n) is 11.9. The number of hydrogen-bond donors (Lipinski definition) is 1. The van der Waals surface area contributed by atoms with E-state index < -0.39 is 10.7 Å². The van der Waals surface area contributed by atoms with Crippen LogP contribution in [0.1, 0.15) is 44.4 Å². The molecule has 2 aromatic heterocycles. The summed E-state index contributed by atoms with van der Waals surface area (Å²) in [6.45, 7) is 0.992. The molecular weight excluding hydrogens is 511 g/mol. The number of rotatable bonds is 6. The molecule has 1 fully saturated rings. The summed E-state index contributed by atoms with van der Waals surface area (Å²) in [4.78, 5) is 42.0. The third-order valence-electron chi connectivity index (χ3n) is 6.64. The highest BCUT2D eigenvalue weighted by Crippen LogP contribution is 2.32. The molecule has 0 atom stereocenters. The van der Waals surface area contributed by atoms with Crippen molar-refractivity contribution in [2.24, 2.45) is 0 Å². The van der Waals surface area contributed by atoms with Crippen LogP contribution >= 0.6 is 11.3 Å². The number of hydrogen-bond acceptors (Lipinski definition) is 7. The van der Waals surface area contributed by atoms with Gasteiger partial charge in [0, 0.05) is 47.2 Å². The van der Waals surface area contributed by atoms with E-state index in [9.17, 15) is 24.1 Å². The van der Waals surface area contributed by atoms with E-state index in [1.807, 2.05) is 24.3 Å². The van der Waals surface area contributed by atoms with Gasteiger partial charge in [0.1, 0.15) is 0 Å². The Morgan fingerprint density at radius 3 is 2.55 bits per heavy atom. The highest BCUT2D eigenvalue weighted by molar-refractivity contribution is 7.20. The number of benzene rings is 2. The number of fused-ring (bicyclic) bond motifs is 1. The van der Waals surface area contributed by atoms with Crippen LogP contribution in [-0.4, -0.2) is 46.8 Å². The number of thiophene rings is 1. The third kappa shape index (κ3) is 5.05. The van der Waals surface area contributed by atoms with E-state index in [1.54, 1.807) is 17.0 Å². The number of amides is 2. The van der Waals surface area contributed by atoms with Crippen molar-refractivity contribution < 1.29 is 23.6 Å². The fraction of sp³-hybridized carbons (Fsp3) is 0.222. The predicted molar refractivity (Wildman–Crippen MR) is 142 cm³/mol. The fourth-order valence-corrected chi connectivity index (χ4v) is 5.54. The lowest BCUT2D eigenvalue weighted by Crippen LogP contribution is -2.38. The number of nitrogens with zero attached hydrogens (tertiary/aromatic N) is 3. The Morgan fingerprint density at radius 2 is 1.87 bits per heavy atom. The SMILES string of the molecule is COc1nccc(C(=O)N2CCC(c3ccc(NC(=O)c4cc5cc([N+](=O)[O-])ccc5s4)cc3)CC2)c1F. The zero-order valence-electron chi connectivity index (χ0n) is 20.3. The maximum atomic E-state index is 14.5. The number of nitro groups is 1. The van der Waals surface area contributed by atoms with Gasteiger partial charge in [0.05, 0.1) is 22.5 Å². The molecule has 3 heterocycles. The van der Waals surface area contributed by atoms with Crippen LogP contribution in [0.2, 0.25) is 0 Å². The number of ether oxygens (including phenoxy) is 1. The Morgan fingerprint density at radius 1 is 1.13 bits per heavy atom. The van der Waals surface area contributed by atoms with Gasteiger partial charge in [0.15, 0.2) is 5.82 Å². The van der Waals surface area contributed by atoms with Gasteiger partial charge in [-0.05, 0) is 54.7 Å². The Labute approximate surface area is 221 Å². The summed E-state index contributed by atoms with van der Waals surface area (Å²) in [5, 5.41) is 14.5. The van der Waals surface area contributed by atoms with E-state index in [4.69, 9.17) is 4.74 Å². The van der Waals surface area contributed by atoms with Gasteiger partial charge in [-0.2, -0.15) is 0 Å². The highest BCUT2D eigenvalue weighted by atomic mass is 32.1. The summed E-state index contributed by atoms with van der Waals surface area (Å²) in [6.07, 6.45) is 2.82. The van der Waals surface area contributed by atoms with Crippen LogP contribution in [0.5, 0.6) is 5.88 Å². The van der Waals surface area contributed by atoms with Crippen molar-refractivity contribution in [1.82, 2.24) is 9.88 Å². The maximum Gasteiger partial charge on any atom is 0.270 e. The van der Waals surface area contributed by atoms with Gasteiger partial charge >= 0.3 is 0 Å². The molecule has 0 bridgehead atoms. The number of aromatic nitrogens is 1. The molecule has 11 heteroatoms. The fourth-order valence-electron chi connectivity index (χ4n) is 4.61. The van der Waals surface area contributed by atoms with Crippen LogP contribution in [0.4, 0.5) is 15.8 Å². The smallest absolute Gasteiger partial charge is 0.270 e. The molecule has 1 N–H and O–H groups in total. The Bertz CT molecular complexity index is 1530. The van der Waals surface area contributed by atoms with E-state index in [1.165, 1.54) is 42.8 Å². The second-order valence-corrected chi connectivity index (χ2v) is 10.00. The molecule has 9 nitrogen and oxygen atoms in total. The van der Waals surface area contributed by atoms with E-state index in [2.05, 4.69) is 10.3 Å². The van der Waals surface area contributed by atoms with Crippen molar-refractivity contribution in [3.63, 3.8) is 0 Å². The molecule has 0 unspecified atom stereocenters. The van der Waals surface area contributed by atoms with Gasteiger partial charge in [-0.3, -0.25) is 19.7 Å².